The molecule has 1 aliphatic carbocycles. The van der Waals surface area contributed by atoms with Crippen LogP contribution in [0.5, 0.6) is 0 Å². The number of hydrogen-bond acceptors (Lipinski definition) is 6. The highest BCUT2D eigenvalue weighted by atomic mass is 19.1. The molecule has 1 aliphatic heterocycles. The molecule has 2 aromatic heterocycles. The number of aryl methyl sites for hydroxylation is 1. The molecule has 0 radical (unpaired) electrons. The highest BCUT2D eigenvalue weighted by Crippen LogP contribution is 2.36. The van der Waals surface area contributed by atoms with Crippen molar-refractivity contribution in [1.82, 2.24) is 14.9 Å². The normalized spacial score (nSPS) is 18.0. The molecule has 2 aliphatic rings. The average molecular weight is 462 g/mol. The fraction of sp³-hybridized carbons (Fsp3) is 0.346. The number of ether oxygens (including phenoxy) is 1. The van der Waals surface area contributed by atoms with Crippen LogP contribution in [-0.4, -0.2) is 47.1 Å². The van der Waals surface area contributed by atoms with Gasteiger partial charge in [-0.2, -0.15) is 0 Å². The summed E-state index contributed by atoms with van der Waals surface area (Å²) in [5.41, 5.74) is 10.9. The fourth-order valence-corrected chi connectivity index (χ4v) is 4.73. The molecule has 176 valence electrons. The third-order valence-corrected chi connectivity index (χ3v) is 6.51. The van der Waals surface area contributed by atoms with Gasteiger partial charge in [0.25, 0.3) is 5.91 Å². The van der Waals surface area contributed by atoms with Crippen molar-refractivity contribution >= 4 is 11.6 Å². The van der Waals surface area contributed by atoms with Crippen LogP contribution in [0.1, 0.15) is 50.9 Å². The number of pyridine rings is 2. The number of hydrogen-bond donors (Lipinski definition) is 2. The molecule has 1 fully saturated rings. The zero-order valence-corrected chi connectivity index (χ0v) is 19.0. The molecule has 3 N–H and O–H groups in total. The van der Waals surface area contributed by atoms with Crippen molar-refractivity contribution in [1.29, 1.82) is 0 Å². The first-order valence-corrected chi connectivity index (χ1v) is 11.6. The minimum absolute atomic E-state index is 0.220. The Bertz CT molecular complexity index is 1180. The Morgan fingerprint density at radius 1 is 1.15 bits per heavy atom. The number of aromatic nitrogens is 2. The van der Waals surface area contributed by atoms with E-state index in [1.807, 2.05) is 24.4 Å². The van der Waals surface area contributed by atoms with Crippen LogP contribution in [0, 0.1) is 5.82 Å². The van der Waals surface area contributed by atoms with Crippen LogP contribution in [0.2, 0.25) is 0 Å². The van der Waals surface area contributed by atoms with Crippen LogP contribution in [0.15, 0.2) is 48.8 Å². The van der Waals surface area contributed by atoms with Gasteiger partial charge in [-0.3, -0.25) is 19.7 Å². The first kappa shape index (κ1) is 22.4. The van der Waals surface area contributed by atoms with Gasteiger partial charge in [-0.15, -0.1) is 0 Å². The van der Waals surface area contributed by atoms with Gasteiger partial charge in [0.1, 0.15) is 5.82 Å². The van der Waals surface area contributed by atoms with Gasteiger partial charge in [-0.05, 0) is 42.2 Å². The van der Waals surface area contributed by atoms with Gasteiger partial charge < -0.3 is 15.8 Å². The molecule has 8 heteroatoms. The van der Waals surface area contributed by atoms with E-state index < -0.39 is 5.91 Å². The van der Waals surface area contributed by atoms with E-state index in [1.165, 1.54) is 12.3 Å². The number of carbonyl (C=O) groups excluding carboxylic acids is 1. The molecule has 0 spiro atoms. The van der Waals surface area contributed by atoms with Crippen molar-refractivity contribution < 1.29 is 13.9 Å². The molecule has 3 heterocycles. The lowest BCUT2D eigenvalue weighted by Gasteiger charge is -2.26. The summed E-state index contributed by atoms with van der Waals surface area (Å²) in [5.74, 6) is -0.803. The minimum atomic E-state index is -0.570. The Morgan fingerprint density at radius 2 is 1.97 bits per heavy atom. The van der Waals surface area contributed by atoms with Gasteiger partial charge in [0.05, 0.1) is 30.5 Å². The van der Waals surface area contributed by atoms with Crippen molar-refractivity contribution in [2.24, 2.45) is 5.73 Å². The molecule has 34 heavy (non-hydrogen) atoms. The highest BCUT2D eigenvalue weighted by Gasteiger charge is 2.27. The van der Waals surface area contributed by atoms with E-state index in [1.54, 1.807) is 6.07 Å². The number of nitrogens with zero attached hydrogens (tertiary/aromatic N) is 3. The van der Waals surface area contributed by atoms with E-state index in [4.69, 9.17) is 10.5 Å². The maximum Gasteiger partial charge on any atom is 0.252 e. The standard InChI is InChI=1S/C26H28FN5O2/c27-22-3-1-2-18-5-7-23(25(18)22)31-24-13-20(30-15-21(24)26(28)33)12-19-6-4-17(14-29-19)16-32-8-10-34-11-9-32/h1-4,6,13-15,23H,5,7-12,16H2,(H2,28,33)(H,30,31). The number of benzene rings is 1. The number of carbonyl (C=O) groups is 1. The zero-order valence-electron chi connectivity index (χ0n) is 19.0. The Labute approximate surface area is 198 Å². The monoisotopic (exact) mass is 461 g/mol. The predicted molar refractivity (Wildman–Crippen MR) is 127 cm³/mol. The van der Waals surface area contributed by atoms with Gasteiger partial charge in [0.15, 0.2) is 0 Å². The number of rotatable bonds is 7. The van der Waals surface area contributed by atoms with Crippen LogP contribution in [0.4, 0.5) is 10.1 Å². The van der Waals surface area contributed by atoms with Crippen LogP contribution in [0.25, 0.3) is 0 Å². The molecule has 1 unspecified atom stereocenters. The predicted octanol–water partition coefficient (Wildman–Crippen LogP) is 3.24. The summed E-state index contributed by atoms with van der Waals surface area (Å²) < 4.78 is 19.9. The number of nitrogens with one attached hydrogen (secondary N) is 1. The summed E-state index contributed by atoms with van der Waals surface area (Å²) in [7, 11) is 0. The summed E-state index contributed by atoms with van der Waals surface area (Å²) in [4.78, 5) is 23.4. The molecule has 1 atom stereocenters. The largest absolute Gasteiger partial charge is 0.379 e. The third kappa shape index (κ3) is 4.93. The van der Waals surface area contributed by atoms with Gasteiger partial charge >= 0.3 is 0 Å². The minimum Gasteiger partial charge on any atom is -0.379 e. The van der Waals surface area contributed by atoms with Crippen LogP contribution < -0.4 is 11.1 Å². The average Bonchev–Trinajstić information content (AvgIpc) is 3.25. The van der Waals surface area contributed by atoms with Gasteiger partial charge in [0, 0.05) is 55.4 Å². The van der Waals surface area contributed by atoms with Crippen molar-refractivity contribution in [2.45, 2.75) is 31.8 Å². The second-order valence-corrected chi connectivity index (χ2v) is 8.86. The van der Waals surface area contributed by atoms with Crippen molar-refractivity contribution in [3.63, 3.8) is 0 Å². The number of primary amides is 1. The molecule has 1 aromatic carbocycles. The van der Waals surface area contributed by atoms with Gasteiger partial charge in [-0.25, -0.2) is 4.39 Å². The number of amides is 1. The Kier molecular flexibility index (Phi) is 6.51. The Balaban J connectivity index is 1.32. The van der Waals surface area contributed by atoms with Crippen LogP contribution in [0.3, 0.4) is 0 Å². The number of nitrogens with two attached hydrogens (primary N) is 1. The first-order valence-electron chi connectivity index (χ1n) is 11.6. The van der Waals surface area contributed by atoms with Crippen molar-refractivity contribution in [2.75, 3.05) is 31.6 Å². The van der Waals surface area contributed by atoms with Gasteiger partial charge in [0.2, 0.25) is 0 Å². The topological polar surface area (TPSA) is 93.4 Å². The molecule has 3 aromatic rings. The van der Waals surface area contributed by atoms with E-state index in [0.717, 1.165) is 68.2 Å². The lowest BCUT2D eigenvalue weighted by atomic mass is 10.1. The van der Waals surface area contributed by atoms with E-state index >= 15 is 0 Å². The maximum atomic E-state index is 14.5. The zero-order chi connectivity index (χ0) is 23.5. The molecule has 0 bridgehead atoms. The molecule has 0 saturated carbocycles. The number of halogens is 1. The second kappa shape index (κ2) is 9.87. The highest BCUT2D eigenvalue weighted by molar-refractivity contribution is 5.98. The molecular weight excluding hydrogens is 433 g/mol. The SMILES string of the molecule is NC(=O)c1cnc(Cc2ccc(CN3CCOCC3)cn2)cc1NC1CCc2cccc(F)c21. The fourth-order valence-electron chi connectivity index (χ4n) is 4.73. The summed E-state index contributed by atoms with van der Waals surface area (Å²) in [6.45, 7) is 4.27. The lowest BCUT2D eigenvalue weighted by molar-refractivity contribution is 0.0341. The number of morpholine rings is 1. The number of anilines is 1. The first-order chi connectivity index (χ1) is 16.6. The van der Waals surface area contributed by atoms with E-state index in [2.05, 4.69) is 26.3 Å². The molecule has 1 saturated heterocycles. The summed E-state index contributed by atoms with van der Waals surface area (Å²) in [6, 6.07) is 10.9. The van der Waals surface area contributed by atoms with E-state index in [-0.39, 0.29) is 11.9 Å². The quantitative estimate of drug-likeness (QED) is 0.561. The molecule has 1 amide bonds. The lowest BCUT2D eigenvalue weighted by Crippen LogP contribution is -2.35. The molecule has 5 rings (SSSR count). The Hall–Kier alpha value is -3.36. The van der Waals surface area contributed by atoms with Gasteiger partial charge in [-0.1, -0.05) is 18.2 Å². The van der Waals surface area contributed by atoms with E-state index in [0.29, 0.717) is 23.2 Å². The molecule has 7 nitrogen and oxygen atoms in total. The smallest absolute Gasteiger partial charge is 0.252 e. The third-order valence-electron chi connectivity index (χ3n) is 6.51. The number of fused-ring (bicyclic) bond motifs is 1. The van der Waals surface area contributed by atoms with Crippen molar-refractivity contribution in [3.05, 3.63) is 88.3 Å². The van der Waals surface area contributed by atoms with Crippen LogP contribution in [-0.2, 0) is 24.1 Å². The summed E-state index contributed by atoms with van der Waals surface area (Å²) in [6.07, 6.45) is 5.44. The maximum absolute atomic E-state index is 14.5. The second-order valence-electron chi connectivity index (χ2n) is 8.86. The Morgan fingerprint density at radius 3 is 2.74 bits per heavy atom. The molecular formula is C26H28FN5O2. The van der Waals surface area contributed by atoms with Crippen molar-refractivity contribution in [3.8, 4) is 0 Å². The summed E-state index contributed by atoms with van der Waals surface area (Å²) in [5, 5.41) is 3.35. The summed E-state index contributed by atoms with van der Waals surface area (Å²) >= 11 is 0. The van der Waals surface area contributed by atoms with E-state index in [9.17, 15) is 9.18 Å². The van der Waals surface area contributed by atoms with Crippen LogP contribution >= 0.6 is 0 Å².